The van der Waals surface area contributed by atoms with Crippen molar-refractivity contribution in [1.29, 1.82) is 0 Å². The van der Waals surface area contributed by atoms with Crippen LogP contribution in [0.15, 0.2) is 53.3 Å². The van der Waals surface area contributed by atoms with Crippen LogP contribution in [0.4, 0.5) is 11.4 Å². The van der Waals surface area contributed by atoms with Crippen molar-refractivity contribution in [2.75, 3.05) is 23.3 Å². The fraction of sp³-hybridized carbons (Fsp3) is 0.333. The molecule has 2 aromatic carbocycles. The number of piperidine rings is 1. The second-order valence-electron chi connectivity index (χ2n) is 8.40. The Morgan fingerprint density at radius 1 is 1.03 bits per heavy atom. The van der Waals surface area contributed by atoms with Gasteiger partial charge in [-0.05, 0) is 57.0 Å². The zero-order valence-corrected chi connectivity index (χ0v) is 18.2. The summed E-state index contributed by atoms with van der Waals surface area (Å²) < 4.78 is 1.34. The Balaban J connectivity index is 1.54. The fourth-order valence-corrected chi connectivity index (χ4v) is 4.09. The number of carbonyl (C=O) groups excluding carboxylic acids is 2. The number of hydrogen-bond acceptors (Lipinski definition) is 5. The van der Waals surface area contributed by atoms with E-state index in [0.29, 0.717) is 16.5 Å². The van der Waals surface area contributed by atoms with Gasteiger partial charge in [0.2, 0.25) is 5.91 Å². The van der Waals surface area contributed by atoms with Crippen LogP contribution in [0.1, 0.15) is 43.2 Å². The number of rotatable bonds is 5. The lowest BCUT2D eigenvalue weighted by Gasteiger charge is -2.32. The van der Waals surface area contributed by atoms with Gasteiger partial charge in [-0.2, -0.15) is 5.10 Å². The third-order valence-corrected chi connectivity index (χ3v) is 5.92. The van der Waals surface area contributed by atoms with Gasteiger partial charge in [0.1, 0.15) is 0 Å². The molecule has 2 heterocycles. The molecule has 0 aliphatic carbocycles. The van der Waals surface area contributed by atoms with E-state index >= 15 is 0 Å². The van der Waals surface area contributed by atoms with E-state index in [1.165, 1.54) is 4.68 Å². The number of amides is 2. The van der Waals surface area contributed by atoms with Crippen LogP contribution in [0, 0.1) is 5.92 Å². The normalized spacial score (nSPS) is 14.7. The number of hydrogen-bond donors (Lipinski definition) is 2. The molecule has 0 radical (unpaired) electrons. The summed E-state index contributed by atoms with van der Waals surface area (Å²) in [5.41, 5.74) is 7.08. The number of nitrogens with zero attached hydrogens (tertiary/aromatic N) is 3. The first kappa shape index (κ1) is 21.5. The average molecular weight is 434 g/mol. The molecule has 1 aliphatic rings. The predicted octanol–water partition coefficient (Wildman–Crippen LogP) is 2.93. The Morgan fingerprint density at radius 2 is 1.66 bits per heavy atom. The highest BCUT2D eigenvalue weighted by molar-refractivity contribution is 6.11. The van der Waals surface area contributed by atoms with Gasteiger partial charge in [-0.15, -0.1) is 0 Å². The molecule has 0 unspecified atom stereocenters. The largest absolute Gasteiger partial charge is 0.371 e. The van der Waals surface area contributed by atoms with E-state index in [2.05, 4.69) is 15.3 Å². The van der Waals surface area contributed by atoms with Gasteiger partial charge >= 0.3 is 0 Å². The molecular formula is C24H27N5O3. The Morgan fingerprint density at radius 3 is 2.25 bits per heavy atom. The van der Waals surface area contributed by atoms with Gasteiger partial charge in [0.15, 0.2) is 5.69 Å². The van der Waals surface area contributed by atoms with Crippen molar-refractivity contribution < 1.29 is 9.59 Å². The first-order valence-corrected chi connectivity index (χ1v) is 10.8. The molecule has 166 valence electrons. The maximum absolute atomic E-state index is 13.1. The average Bonchev–Trinajstić information content (AvgIpc) is 2.80. The van der Waals surface area contributed by atoms with Crippen LogP contribution < -0.4 is 21.5 Å². The molecule has 2 amide bonds. The Hall–Kier alpha value is -3.68. The molecule has 3 aromatic rings. The molecule has 1 aliphatic heterocycles. The van der Waals surface area contributed by atoms with E-state index in [1.807, 2.05) is 38.1 Å². The van der Waals surface area contributed by atoms with Crippen LogP contribution in [0.25, 0.3) is 10.8 Å². The van der Waals surface area contributed by atoms with Gasteiger partial charge in [-0.25, -0.2) is 4.68 Å². The highest BCUT2D eigenvalue weighted by Crippen LogP contribution is 2.25. The van der Waals surface area contributed by atoms with Crippen molar-refractivity contribution in [3.05, 3.63) is 64.6 Å². The Bertz CT molecular complexity index is 1210. The van der Waals surface area contributed by atoms with Gasteiger partial charge < -0.3 is 16.0 Å². The summed E-state index contributed by atoms with van der Waals surface area (Å²) in [6.45, 7) is 5.25. The molecule has 0 spiro atoms. The first-order valence-electron chi connectivity index (χ1n) is 10.8. The summed E-state index contributed by atoms with van der Waals surface area (Å²) >= 11 is 0. The monoisotopic (exact) mass is 433 g/mol. The molecule has 0 bridgehead atoms. The van der Waals surface area contributed by atoms with Gasteiger partial charge in [0.25, 0.3) is 11.5 Å². The molecule has 8 nitrogen and oxygen atoms in total. The van der Waals surface area contributed by atoms with Crippen molar-refractivity contribution in [3.8, 4) is 0 Å². The molecule has 0 atom stereocenters. The molecule has 8 heteroatoms. The summed E-state index contributed by atoms with van der Waals surface area (Å²) in [7, 11) is 0. The second kappa shape index (κ2) is 8.82. The van der Waals surface area contributed by atoms with Crippen LogP contribution in [-0.2, 0) is 4.79 Å². The van der Waals surface area contributed by atoms with Crippen LogP contribution in [-0.4, -0.2) is 34.7 Å². The van der Waals surface area contributed by atoms with Crippen LogP contribution in [0.2, 0.25) is 0 Å². The number of nitrogens with two attached hydrogens (primary N) is 1. The predicted molar refractivity (Wildman–Crippen MR) is 125 cm³/mol. The van der Waals surface area contributed by atoms with Gasteiger partial charge in [-0.1, -0.05) is 18.2 Å². The highest BCUT2D eigenvalue weighted by Gasteiger charge is 2.23. The number of aromatic nitrogens is 2. The molecule has 0 saturated carbocycles. The maximum Gasteiger partial charge on any atom is 0.276 e. The zero-order valence-electron chi connectivity index (χ0n) is 18.2. The first-order chi connectivity index (χ1) is 15.3. The number of anilines is 2. The Kier molecular flexibility index (Phi) is 5.94. The number of nitrogens with one attached hydrogen (secondary N) is 1. The van der Waals surface area contributed by atoms with Crippen LogP contribution in [0.5, 0.6) is 0 Å². The number of fused-ring (bicyclic) bond motifs is 1. The molecule has 1 fully saturated rings. The molecular weight excluding hydrogens is 406 g/mol. The molecule has 1 aromatic heterocycles. The van der Waals surface area contributed by atoms with Crippen molar-refractivity contribution in [2.45, 2.75) is 32.7 Å². The standard InChI is InChI=1S/C24H27N5O3/c1-15(2)29-24(32)20-6-4-3-5-19(20)21(27-29)23(31)26-17-7-9-18(10-8-17)28-13-11-16(12-14-28)22(25)30/h3-10,15-16H,11-14H2,1-2H3,(H2,25,30)(H,26,31). The van der Waals surface area contributed by atoms with Crippen LogP contribution >= 0.6 is 0 Å². The SMILES string of the molecule is CC(C)n1nc(C(=O)Nc2ccc(N3CCC(C(N)=O)CC3)cc2)c2ccccc2c1=O. The van der Waals surface area contributed by atoms with E-state index in [9.17, 15) is 14.4 Å². The number of benzene rings is 2. The molecule has 32 heavy (non-hydrogen) atoms. The summed E-state index contributed by atoms with van der Waals surface area (Å²) in [5.74, 6) is -0.653. The van der Waals surface area contributed by atoms with E-state index < -0.39 is 0 Å². The molecule has 4 rings (SSSR count). The third kappa shape index (κ3) is 4.21. The van der Waals surface area contributed by atoms with Crippen molar-refractivity contribution in [1.82, 2.24) is 9.78 Å². The van der Waals surface area contributed by atoms with Gasteiger partial charge in [0, 0.05) is 35.8 Å². The van der Waals surface area contributed by atoms with E-state index in [0.717, 1.165) is 31.6 Å². The van der Waals surface area contributed by atoms with Gasteiger partial charge in [0.05, 0.1) is 11.4 Å². The minimum absolute atomic E-state index is 0.0544. The van der Waals surface area contributed by atoms with E-state index in [-0.39, 0.29) is 35.0 Å². The minimum Gasteiger partial charge on any atom is -0.371 e. The smallest absolute Gasteiger partial charge is 0.276 e. The number of primary amides is 1. The second-order valence-corrected chi connectivity index (χ2v) is 8.40. The van der Waals surface area contributed by atoms with Crippen LogP contribution in [0.3, 0.4) is 0 Å². The lowest BCUT2D eigenvalue weighted by molar-refractivity contribution is -0.122. The lowest BCUT2D eigenvalue weighted by Crippen LogP contribution is -2.38. The number of carbonyl (C=O) groups is 2. The third-order valence-electron chi connectivity index (χ3n) is 5.92. The molecule has 1 saturated heterocycles. The summed E-state index contributed by atoms with van der Waals surface area (Å²) in [5, 5.41) is 8.24. The minimum atomic E-state index is -0.370. The zero-order chi connectivity index (χ0) is 22.8. The summed E-state index contributed by atoms with van der Waals surface area (Å²) in [6.07, 6.45) is 1.50. The van der Waals surface area contributed by atoms with Crippen molar-refractivity contribution >= 4 is 34.0 Å². The summed E-state index contributed by atoms with van der Waals surface area (Å²) in [4.78, 5) is 39.3. The topological polar surface area (TPSA) is 110 Å². The van der Waals surface area contributed by atoms with Gasteiger partial charge in [-0.3, -0.25) is 14.4 Å². The quantitative estimate of drug-likeness (QED) is 0.643. The fourth-order valence-electron chi connectivity index (χ4n) is 4.09. The lowest BCUT2D eigenvalue weighted by atomic mass is 9.96. The van der Waals surface area contributed by atoms with Crippen molar-refractivity contribution in [3.63, 3.8) is 0 Å². The summed E-state index contributed by atoms with van der Waals surface area (Å²) in [6, 6.07) is 14.4. The Labute approximate surface area is 186 Å². The molecule has 3 N–H and O–H groups in total. The maximum atomic E-state index is 13.1. The van der Waals surface area contributed by atoms with E-state index in [1.54, 1.807) is 24.3 Å². The highest BCUT2D eigenvalue weighted by atomic mass is 16.2. The van der Waals surface area contributed by atoms with E-state index in [4.69, 9.17) is 5.73 Å². The van der Waals surface area contributed by atoms with Crippen molar-refractivity contribution in [2.24, 2.45) is 11.7 Å².